The largest absolute Gasteiger partial charge is 0.481 e. The normalized spacial score (nSPS) is 14.9. The van der Waals surface area contributed by atoms with Gasteiger partial charge in [0.15, 0.2) is 0 Å². The third-order valence-corrected chi connectivity index (χ3v) is 2.70. The molecular weight excluding hydrogens is 206 g/mol. The number of fused-ring (bicyclic) bond motifs is 1. The first kappa shape index (κ1) is 10.7. The van der Waals surface area contributed by atoms with Crippen molar-refractivity contribution in [2.75, 3.05) is 0 Å². The lowest BCUT2D eigenvalue weighted by Crippen LogP contribution is -2.23. The Morgan fingerprint density at radius 2 is 2.06 bits per heavy atom. The zero-order valence-corrected chi connectivity index (χ0v) is 8.84. The minimum absolute atomic E-state index is 0.623. The zero-order chi connectivity index (χ0) is 11.7. The van der Waals surface area contributed by atoms with Crippen molar-refractivity contribution in [2.45, 2.75) is 18.9 Å². The summed E-state index contributed by atoms with van der Waals surface area (Å²) in [7, 11) is 0. The Hall–Kier alpha value is -1.81. The first-order chi connectivity index (χ1) is 7.61. The molecule has 0 aliphatic heterocycles. The third kappa shape index (κ3) is 1.67. The zero-order valence-electron chi connectivity index (χ0n) is 8.84. The predicted molar refractivity (Wildman–Crippen MR) is 60.4 cm³/mol. The molecule has 0 saturated heterocycles. The van der Waals surface area contributed by atoms with E-state index < -0.39 is 18.0 Å². The van der Waals surface area contributed by atoms with E-state index in [-0.39, 0.29) is 0 Å². The lowest BCUT2D eigenvalue weighted by atomic mass is 9.94. The van der Waals surface area contributed by atoms with Crippen molar-refractivity contribution in [3.05, 3.63) is 36.0 Å². The maximum absolute atomic E-state index is 11.1. The van der Waals surface area contributed by atoms with Crippen LogP contribution in [0.5, 0.6) is 0 Å². The average molecular weight is 219 g/mol. The average Bonchev–Trinajstić information content (AvgIpc) is 2.61. The molecule has 2 unspecified atom stereocenters. The molecule has 1 aromatic carbocycles. The lowest BCUT2D eigenvalue weighted by molar-refractivity contribution is -0.141. The number of benzene rings is 1. The molecule has 0 fully saturated rings. The van der Waals surface area contributed by atoms with Gasteiger partial charge in [-0.2, -0.15) is 0 Å². The number of hydrogen-bond acceptors (Lipinski definition) is 2. The highest BCUT2D eigenvalue weighted by Crippen LogP contribution is 2.28. The number of nitrogens with one attached hydrogen (secondary N) is 1. The number of rotatable bonds is 3. The Morgan fingerprint density at radius 1 is 1.38 bits per heavy atom. The van der Waals surface area contributed by atoms with Gasteiger partial charge >= 0.3 is 5.97 Å². The van der Waals surface area contributed by atoms with Crippen LogP contribution in [-0.2, 0) is 4.79 Å². The lowest BCUT2D eigenvalue weighted by Gasteiger charge is -2.14. The molecule has 0 aliphatic rings. The Kier molecular flexibility index (Phi) is 2.66. The Labute approximate surface area is 92.5 Å². The summed E-state index contributed by atoms with van der Waals surface area (Å²) in [6.45, 7) is 1.49. The Morgan fingerprint density at radius 3 is 2.69 bits per heavy atom. The molecule has 0 amide bonds. The first-order valence-corrected chi connectivity index (χ1v) is 5.08. The van der Waals surface area contributed by atoms with E-state index in [0.717, 1.165) is 10.9 Å². The van der Waals surface area contributed by atoms with E-state index in [2.05, 4.69) is 4.98 Å². The van der Waals surface area contributed by atoms with Crippen molar-refractivity contribution in [3.63, 3.8) is 0 Å². The van der Waals surface area contributed by atoms with Crippen LogP contribution >= 0.6 is 0 Å². The fourth-order valence-electron chi connectivity index (χ4n) is 1.95. The van der Waals surface area contributed by atoms with Gasteiger partial charge in [0, 0.05) is 17.1 Å². The summed E-state index contributed by atoms with van der Waals surface area (Å²) in [5, 5.41) is 19.5. The van der Waals surface area contributed by atoms with Crippen LogP contribution in [0, 0.1) is 0 Å². The number of aliphatic hydroxyl groups is 1. The summed E-state index contributed by atoms with van der Waals surface area (Å²) in [4.78, 5) is 14.1. The maximum Gasteiger partial charge on any atom is 0.313 e. The summed E-state index contributed by atoms with van der Waals surface area (Å²) in [5.41, 5.74) is 1.50. The molecule has 0 saturated carbocycles. The molecule has 0 spiro atoms. The van der Waals surface area contributed by atoms with Crippen molar-refractivity contribution < 1.29 is 15.0 Å². The van der Waals surface area contributed by atoms with Gasteiger partial charge in [-0.1, -0.05) is 18.2 Å². The Balaban J connectivity index is 2.57. The third-order valence-electron chi connectivity index (χ3n) is 2.70. The molecule has 1 aromatic heterocycles. The van der Waals surface area contributed by atoms with Crippen LogP contribution in [-0.4, -0.2) is 27.3 Å². The number of aromatic amines is 1. The second-order valence-corrected chi connectivity index (χ2v) is 3.85. The quantitative estimate of drug-likeness (QED) is 0.735. The first-order valence-electron chi connectivity index (χ1n) is 5.08. The topological polar surface area (TPSA) is 73.3 Å². The summed E-state index contributed by atoms with van der Waals surface area (Å²) in [5.74, 6) is -1.91. The second-order valence-electron chi connectivity index (χ2n) is 3.85. The molecule has 4 nitrogen and oxygen atoms in total. The summed E-state index contributed by atoms with van der Waals surface area (Å²) in [6, 6.07) is 7.45. The maximum atomic E-state index is 11.1. The van der Waals surface area contributed by atoms with Gasteiger partial charge in [-0.25, -0.2) is 0 Å². The molecule has 4 heteroatoms. The fraction of sp³-hybridized carbons (Fsp3) is 0.250. The van der Waals surface area contributed by atoms with E-state index in [0.29, 0.717) is 5.56 Å². The van der Waals surface area contributed by atoms with Crippen molar-refractivity contribution in [1.29, 1.82) is 0 Å². The standard InChI is InChI=1S/C12H13NO3/c1-7(14)11(12(15)16)9-6-13-10-5-3-2-4-8(9)10/h2-7,11,13-14H,1H3,(H,15,16). The van der Waals surface area contributed by atoms with Crippen LogP contribution in [0.2, 0.25) is 0 Å². The van der Waals surface area contributed by atoms with Crippen LogP contribution in [0.1, 0.15) is 18.4 Å². The van der Waals surface area contributed by atoms with E-state index in [1.807, 2.05) is 24.3 Å². The molecule has 3 N–H and O–H groups in total. The van der Waals surface area contributed by atoms with Crippen LogP contribution in [0.15, 0.2) is 30.5 Å². The number of carbonyl (C=O) groups is 1. The molecule has 0 bridgehead atoms. The van der Waals surface area contributed by atoms with Crippen molar-refractivity contribution >= 4 is 16.9 Å². The number of hydrogen-bond donors (Lipinski definition) is 3. The van der Waals surface area contributed by atoms with Crippen LogP contribution in [0.25, 0.3) is 10.9 Å². The predicted octanol–water partition coefficient (Wildman–Crippen LogP) is 1.72. The molecule has 0 aliphatic carbocycles. The van der Waals surface area contributed by atoms with Crippen molar-refractivity contribution in [3.8, 4) is 0 Å². The molecule has 0 radical (unpaired) electrons. The number of H-pyrrole nitrogens is 1. The van der Waals surface area contributed by atoms with Gasteiger partial charge in [-0.15, -0.1) is 0 Å². The van der Waals surface area contributed by atoms with E-state index in [1.54, 1.807) is 6.20 Å². The Bertz CT molecular complexity index is 516. The second kappa shape index (κ2) is 3.98. The van der Waals surface area contributed by atoms with E-state index in [9.17, 15) is 9.90 Å². The number of para-hydroxylation sites is 1. The highest BCUT2D eigenvalue weighted by molar-refractivity contribution is 5.89. The minimum Gasteiger partial charge on any atom is -0.481 e. The molecule has 1 heterocycles. The van der Waals surface area contributed by atoms with Crippen LogP contribution in [0.4, 0.5) is 0 Å². The molecule has 2 aromatic rings. The molecule has 84 valence electrons. The summed E-state index contributed by atoms with van der Waals surface area (Å²) >= 11 is 0. The number of aliphatic carboxylic acids is 1. The van der Waals surface area contributed by atoms with E-state index in [4.69, 9.17) is 5.11 Å². The smallest absolute Gasteiger partial charge is 0.313 e. The van der Waals surface area contributed by atoms with Gasteiger partial charge in [0.1, 0.15) is 5.92 Å². The van der Waals surface area contributed by atoms with E-state index in [1.165, 1.54) is 6.92 Å². The van der Waals surface area contributed by atoms with Crippen molar-refractivity contribution in [1.82, 2.24) is 4.98 Å². The number of carboxylic acids is 1. The van der Waals surface area contributed by atoms with Gasteiger partial charge < -0.3 is 15.2 Å². The number of aliphatic hydroxyl groups excluding tert-OH is 1. The van der Waals surface area contributed by atoms with Gasteiger partial charge in [-0.3, -0.25) is 4.79 Å². The molecule has 2 rings (SSSR count). The number of aromatic nitrogens is 1. The molecule has 16 heavy (non-hydrogen) atoms. The van der Waals surface area contributed by atoms with Gasteiger partial charge in [0.25, 0.3) is 0 Å². The van der Waals surface area contributed by atoms with Gasteiger partial charge in [-0.05, 0) is 18.6 Å². The highest BCUT2D eigenvalue weighted by Gasteiger charge is 2.27. The number of carboxylic acid groups (broad SMARTS) is 1. The van der Waals surface area contributed by atoms with Gasteiger partial charge in [0.05, 0.1) is 6.10 Å². The van der Waals surface area contributed by atoms with Crippen LogP contribution in [0.3, 0.4) is 0 Å². The highest BCUT2D eigenvalue weighted by atomic mass is 16.4. The van der Waals surface area contributed by atoms with Gasteiger partial charge in [0.2, 0.25) is 0 Å². The summed E-state index contributed by atoms with van der Waals surface area (Å²) < 4.78 is 0. The molecular formula is C12H13NO3. The van der Waals surface area contributed by atoms with Crippen molar-refractivity contribution in [2.24, 2.45) is 0 Å². The van der Waals surface area contributed by atoms with E-state index >= 15 is 0 Å². The fourth-order valence-corrected chi connectivity index (χ4v) is 1.95. The van der Waals surface area contributed by atoms with Crippen LogP contribution < -0.4 is 0 Å². The minimum atomic E-state index is -1.01. The monoisotopic (exact) mass is 219 g/mol. The SMILES string of the molecule is CC(O)C(C(=O)O)c1c[nH]c2ccccc12. The molecule has 2 atom stereocenters. The summed E-state index contributed by atoms with van der Waals surface area (Å²) in [6.07, 6.45) is 0.729.